The predicted octanol–water partition coefficient (Wildman–Crippen LogP) is 2.34. The summed E-state index contributed by atoms with van der Waals surface area (Å²) in [6.07, 6.45) is 3.92. The Bertz CT molecular complexity index is 621. The van der Waals surface area contributed by atoms with Gasteiger partial charge in [-0.1, -0.05) is 6.92 Å². The van der Waals surface area contributed by atoms with Crippen molar-refractivity contribution < 1.29 is 4.92 Å². The highest BCUT2D eigenvalue weighted by molar-refractivity contribution is 5.60. The fraction of sp³-hybridized carbons (Fsp3) is 0.333. The van der Waals surface area contributed by atoms with E-state index in [4.69, 9.17) is 0 Å². The number of rotatable bonds is 4. The van der Waals surface area contributed by atoms with E-state index in [1.54, 1.807) is 17.7 Å². The van der Waals surface area contributed by atoms with E-state index in [0.29, 0.717) is 11.4 Å². The largest absolute Gasteiger partial charge is 0.337 e. The van der Waals surface area contributed by atoms with Gasteiger partial charge in [-0.05, 0) is 19.4 Å². The van der Waals surface area contributed by atoms with Crippen LogP contribution in [0.2, 0.25) is 0 Å². The molecular weight excluding hydrogens is 246 g/mol. The maximum Gasteiger partial charge on any atom is 0.290 e. The van der Waals surface area contributed by atoms with Crippen molar-refractivity contribution >= 4 is 17.2 Å². The van der Waals surface area contributed by atoms with Crippen LogP contribution in [0, 0.1) is 17.0 Å². The van der Waals surface area contributed by atoms with Gasteiger partial charge >= 0.3 is 0 Å². The summed E-state index contributed by atoms with van der Waals surface area (Å²) < 4.78 is 1.72. The minimum atomic E-state index is -0.437. The van der Waals surface area contributed by atoms with E-state index in [9.17, 15) is 10.1 Å². The lowest BCUT2D eigenvalue weighted by molar-refractivity contribution is -0.385. The van der Waals surface area contributed by atoms with E-state index < -0.39 is 4.92 Å². The zero-order valence-electron chi connectivity index (χ0n) is 11.0. The molecule has 100 valence electrons. The first kappa shape index (κ1) is 13.0. The number of anilines is 2. The average molecular weight is 261 g/mol. The summed E-state index contributed by atoms with van der Waals surface area (Å²) in [5.41, 5.74) is 2.39. The first-order valence-electron chi connectivity index (χ1n) is 5.91. The van der Waals surface area contributed by atoms with Crippen LogP contribution in [-0.4, -0.2) is 19.7 Å². The van der Waals surface area contributed by atoms with Crippen molar-refractivity contribution in [1.82, 2.24) is 14.8 Å². The highest BCUT2D eigenvalue weighted by atomic mass is 16.6. The summed E-state index contributed by atoms with van der Waals surface area (Å²) in [4.78, 5) is 14.3. The Morgan fingerprint density at radius 2 is 2.26 bits per heavy atom. The van der Waals surface area contributed by atoms with Gasteiger partial charge in [-0.2, -0.15) is 5.10 Å². The highest BCUT2D eigenvalue weighted by Gasteiger charge is 2.12. The third-order valence-corrected chi connectivity index (χ3v) is 2.78. The summed E-state index contributed by atoms with van der Waals surface area (Å²) in [5.74, 6) is 0.575. The Morgan fingerprint density at radius 1 is 1.53 bits per heavy atom. The molecule has 0 aliphatic rings. The second-order valence-corrected chi connectivity index (χ2v) is 4.25. The Hall–Kier alpha value is -2.44. The molecular formula is C12H15N5O2. The number of pyridine rings is 1. The van der Waals surface area contributed by atoms with Crippen LogP contribution in [-0.2, 0) is 13.5 Å². The van der Waals surface area contributed by atoms with Crippen LogP contribution in [0.25, 0.3) is 0 Å². The molecule has 0 bridgehead atoms. The predicted molar refractivity (Wildman–Crippen MR) is 71.5 cm³/mol. The molecule has 2 aromatic rings. The monoisotopic (exact) mass is 261 g/mol. The zero-order chi connectivity index (χ0) is 14.0. The normalized spacial score (nSPS) is 10.5. The van der Waals surface area contributed by atoms with Crippen molar-refractivity contribution in [1.29, 1.82) is 0 Å². The molecule has 0 aromatic carbocycles. The van der Waals surface area contributed by atoms with Gasteiger partial charge in [-0.3, -0.25) is 14.8 Å². The van der Waals surface area contributed by atoms with Crippen molar-refractivity contribution in [3.8, 4) is 0 Å². The molecule has 2 heterocycles. The molecule has 19 heavy (non-hydrogen) atoms. The molecule has 2 rings (SSSR count). The number of aryl methyl sites for hydroxylation is 3. The third kappa shape index (κ3) is 2.70. The van der Waals surface area contributed by atoms with Crippen LogP contribution < -0.4 is 5.32 Å². The van der Waals surface area contributed by atoms with Gasteiger partial charge in [0.25, 0.3) is 5.69 Å². The molecule has 0 spiro atoms. The summed E-state index contributed by atoms with van der Waals surface area (Å²) in [6.45, 7) is 3.71. The van der Waals surface area contributed by atoms with Gasteiger partial charge < -0.3 is 5.32 Å². The molecule has 0 saturated carbocycles. The van der Waals surface area contributed by atoms with Gasteiger partial charge in [0.2, 0.25) is 0 Å². The fourth-order valence-corrected chi connectivity index (χ4v) is 1.85. The van der Waals surface area contributed by atoms with Gasteiger partial charge in [0.15, 0.2) is 0 Å². The van der Waals surface area contributed by atoms with Crippen molar-refractivity contribution in [2.75, 3.05) is 5.32 Å². The van der Waals surface area contributed by atoms with E-state index in [1.165, 1.54) is 6.20 Å². The average Bonchev–Trinajstić information content (AvgIpc) is 2.69. The number of nitrogens with zero attached hydrogens (tertiary/aromatic N) is 4. The maximum atomic E-state index is 10.7. The molecule has 0 saturated heterocycles. The molecule has 7 nitrogen and oxygen atoms in total. The summed E-state index contributed by atoms with van der Waals surface area (Å²) in [7, 11) is 1.85. The second-order valence-electron chi connectivity index (χ2n) is 4.25. The highest BCUT2D eigenvalue weighted by Crippen LogP contribution is 2.23. The second kappa shape index (κ2) is 5.05. The maximum absolute atomic E-state index is 10.7. The first-order chi connectivity index (χ1) is 9.01. The van der Waals surface area contributed by atoms with Crippen molar-refractivity contribution in [3.63, 3.8) is 0 Å². The van der Waals surface area contributed by atoms with Gasteiger partial charge in [-0.25, -0.2) is 4.98 Å². The lowest BCUT2D eigenvalue weighted by Crippen LogP contribution is -1.98. The van der Waals surface area contributed by atoms with Crippen LogP contribution in [0.3, 0.4) is 0 Å². The Labute approximate surface area is 110 Å². The van der Waals surface area contributed by atoms with Crippen LogP contribution in [0.15, 0.2) is 18.5 Å². The molecule has 0 fully saturated rings. The van der Waals surface area contributed by atoms with Gasteiger partial charge in [0, 0.05) is 18.8 Å². The molecule has 0 unspecified atom stereocenters. The molecule has 0 aliphatic heterocycles. The van der Waals surface area contributed by atoms with Crippen LogP contribution >= 0.6 is 0 Å². The Balaban J connectivity index is 2.28. The smallest absolute Gasteiger partial charge is 0.290 e. The molecule has 2 aromatic heterocycles. The number of aromatic nitrogens is 3. The van der Waals surface area contributed by atoms with E-state index >= 15 is 0 Å². The van der Waals surface area contributed by atoms with Crippen molar-refractivity contribution in [3.05, 3.63) is 39.8 Å². The van der Waals surface area contributed by atoms with Crippen LogP contribution in [0.4, 0.5) is 17.2 Å². The number of nitro groups is 1. The molecule has 7 heteroatoms. The third-order valence-electron chi connectivity index (χ3n) is 2.78. The summed E-state index contributed by atoms with van der Waals surface area (Å²) in [5, 5.41) is 18.2. The van der Waals surface area contributed by atoms with E-state index in [0.717, 1.165) is 17.8 Å². The Kier molecular flexibility index (Phi) is 3.46. The van der Waals surface area contributed by atoms with Gasteiger partial charge in [0.1, 0.15) is 12.0 Å². The van der Waals surface area contributed by atoms with Gasteiger partial charge in [-0.15, -0.1) is 0 Å². The minimum absolute atomic E-state index is 0.0208. The van der Waals surface area contributed by atoms with E-state index in [1.807, 2.05) is 20.2 Å². The first-order valence-corrected chi connectivity index (χ1v) is 5.91. The molecule has 0 aliphatic carbocycles. The fourth-order valence-electron chi connectivity index (χ4n) is 1.85. The summed E-state index contributed by atoms with van der Waals surface area (Å²) >= 11 is 0. The van der Waals surface area contributed by atoms with E-state index in [2.05, 4.69) is 15.4 Å². The lowest BCUT2D eigenvalue weighted by atomic mass is 10.2. The van der Waals surface area contributed by atoms with Crippen LogP contribution in [0.5, 0.6) is 0 Å². The molecule has 0 amide bonds. The molecule has 0 atom stereocenters. The SMILES string of the molecule is CCc1nn(C)cc1Nc1cc(C)c([N+](=O)[O-])cn1. The zero-order valence-corrected chi connectivity index (χ0v) is 11.0. The Morgan fingerprint density at radius 3 is 2.84 bits per heavy atom. The molecule has 0 radical (unpaired) electrons. The standard InChI is InChI=1S/C12H15N5O2/c1-4-9-10(7-16(3)15-9)14-12-5-8(2)11(6-13-12)17(18)19/h5-7H,4H2,1-3H3,(H,13,14). The molecule has 1 N–H and O–H groups in total. The topological polar surface area (TPSA) is 85.9 Å². The van der Waals surface area contributed by atoms with Gasteiger partial charge in [0.05, 0.1) is 16.3 Å². The lowest BCUT2D eigenvalue weighted by Gasteiger charge is -2.05. The summed E-state index contributed by atoms with van der Waals surface area (Å²) in [6, 6.07) is 1.66. The van der Waals surface area contributed by atoms with Crippen LogP contribution in [0.1, 0.15) is 18.2 Å². The van der Waals surface area contributed by atoms with Crippen molar-refractivity contribution in [2.24, 2.45) is 7.05 Å². The number of nitrogens with one attached hydrogen (secondary N) is 1. The minimum Gasteiger partial charge on any atom is -0.337 e. The van der Waals surface area contributed by atoms with Crippen molar-refractivity contribution in [2.45, 2.75) is 20.3 Å². The number of hydrogen-bond donors (Lipinski definition) is 1. The number of hydrogen-bond acceptors (Lipinski definition) is 5. The quantitative estimate of drug-likeness (QED) is 0.674. The van der Waals surface area contributed by atoms with E-state index in [-0.39, 0.29) is 5.69 Å².